The number of ether oxygens (including phenoxy) is 1. The van der Waals surface area contributed by atoms with E-state index in [9.17, 15) is 4.79 Å². The molecule has 1 fully saturated rings. The van der Waals surface area contributed by atoms with Gasteiger partial charge >= 0.3 is 0 Å². The molecule has 1 aliphatic rings. The number of piperidine rings is 1. The first kappa shape index (κ1) is 17.4. The standard InChI is InChI=1S/C20H25N3O2/c1-20(2,16-7-11-21-12-8-16)23-19(24)15-3-5-17(6-4-15)25-18-9-13-22-14-10-18/h3-8,11-12,18,22H,9-10,13-14H2,1-2H3,(H,23,24). The third-order valence-electron chi connectivity index (χ3n) is 4.53. The van der Waals surface area contributed by atoms with Gasteiger partial charge in [0.1, 0.15) is 11.9 Å². The van der Waals surface area contributed by atoms with Crippen LogP contribution in [0.1, 0.15) is 42.6 Å². The zero-order valence-electron chi connectivity index (χ0n) is 14.8. The van der Waals surface area contributed by atoms with E-state index < -0.39 is 5.54 Å². The monoisotopic (exact) mass is 339 g/mol. The van der Waals surface area contributed by atoms with Crippen LogP contribution in [0.2, 0.25) is 0 Å². The average Bonchev–Trinajstić information content (AvgIpc) is 2.63. The van der Waals surface area contributed by atoms with Gasteiger partial charge in [-0.3, -0.25) is 9.78 Å². The smallest absolute Gasteiger partial charge is 0.251 e. The fourth-order valence-electron chi connectivity index (χ4n) is 2.99. The van der Waals surface area contributed by atoms with Crippen molar-refractivity contribution in [1.82, 2.24) is 15.6 Å². The van der Waals surface area contributed by atoms with Crippen LogP contribution in [-0.2, 0) is 5.54 Å². The number of amides is 1. The minimum Gasteiger partial charge on any atom is -0.490 e. The maximum absolute atomic E-state index is 12.6. The van der Waals surface area contributed by atoms with Gasteiger partial charge in [-0.15, -0.1) is 0 Å². The van der Waals surface area contributed by atoms with Crippen molar-refractivity contribution in [3.8, 4) is 5.75 Å². The number of carbonyl (C=O) groups excluding carboxylic acids is 1. The molecular weight excluding hydrogens is 314 g/mol. The summed E-state index contributed by atoms with van der Waals surface area (Å²) in [4.78, 5) is 16.6. The van der Waals surface area contributed by atoms with Crippen molar-refractivity contribution < 1.29 is 9.53 Å². The first-order valence-electron chi connectivity index (χ1n) is 8.75. The number of nitrogens with zero attached hydrogens (tertiary/aromatic N) is 1. The summed E-state index contributed by atoms with van der Waals surface area (Å²) >= 11 is 0. The molecule has 0 saturated carbocycles. The second kappa shape index (κ2) is 7.66. The molecule has 5 nitrogen and oxygen atoms in total. The second-order valence-corrected chi connectivity index (χ2v) is 6.91. The van der Waals surface area contributed by atoms with Gasteiger partial charge in [0.15, 0.2) is 0 Å². The maximum atomic E-state index is 12.6. The zero-order valence-corrected chi connectivity index (χ0v) is 14.8. The summed E-state index contributed by atoms with van der Waals surface area (Å²) in [6.07, 6.45) is 5.75. The Kier molecular flexibility index (Phi) is 5.34. The van der Waals surface area contributed by atoms with Gasteiger partial charge in [0, 0.05) is 18.0 Å². The number of rotatable bonds is 5. The molecule has 0 bridgehead atoms. The topological polar surface area (TPSA) is 63.2 Å². The number of nitrogens with one attached hydrogen (secondary N) is 2. The normalized spacial score (nSPS) is 15.6. The van der Waals surface area contributed by atoms with E-state index in [1.165, 1.54) is 0 Å². The van der Waals surface area contributed by atoms with Gasteiger partial charge in [-0.05, 0) is 81.7 Å². The van der Waals surface area contributed by atoms with Crippen LogP contribution in [0.3, 0.4) is 0 Å². The Hall–Kier alpha value is -2.40. The highest BCUT2D eigenvalue weighted by molar-refractivity contribution is 5.94. The summed E-state index contributed by atoms with van der Waals surface area (Å²) in [5.41, 5.74) is 1.17. The summed E-state index contributed by atoms with van der Waals surface area (Å²) in [6, 6.07) is 11.2. The van der Waals surface area contributed by atoms with Crippen LogP contribution in [-0.4, -0.2) is 30.1 Å². The third kappa shape index (κ3) is 4.57. The molecule has 2 heterocycles. The Morgan fingerprint density at radius 3 is 2.40 bits per heavy atom. The Morgan fingerprint density at radius 2 is 1.76 bits per heavy atom. The quantitative estimate of drug-likeness (QED) is 0.879. The molecule has 2 aromatic rings. The molecule has 132 valence electrons. The number of pyridine rings is 1. The van der Waals surface area contributed by atoms with Crippen molar-refractivity contribution in [1.29, 1.82) is 0 Å². The molecule has 1 aliphatic heterocycles. The fourth-order valence-corrected chi connectivity index (χ4v) is 2.99. The van der Waals surface area contributed by atoms with Crippen LogP contribution in [0.15, 0.2) is 48.8 Å². The first-order chi connectivity index (χ1) is 12.0. The third-order valence-corrected chi connectivity index (χ3v) is 4.53. The molecule has 1 saturated heterocycles. The van der Waals surface area contributed by atoms with Crippen molar-refractivity contribution in [3.05, 3.63) is 59.9 Å². The molecular formula is C20H25N3O2. The highest BCUT2D eigenvalue weighted by Gasteiger charge is 2.23. The Labute approximate surface area is 148 Å². The van der Waals surface area contributed by atoms with Crippen molar-refractivity contribution in [2.45, 2.75) is 38.3 Å². The van der Waals surface area contributed by atoms with Crippen molar-refractivity contribution >= 4 is 5.91 Å². The Balaban J connectivity index is 1.62. The van der Waals surface area contributed by atoms with Crippen LogP contribution in [0.5, 0.6) is 5.75 Å². The average molecular weight is 339 g/mol. The van der Waals surface area contributed by atoms with E-state index in [-0.39, 0.29) is 12.0 Å². The number of hydrogen-bond acceptors (Lipinski definition) is 4. The molecule has 1 amide bonds. The van der Waals surface area contributed by atoms with E-state index in [2.05, 4.69) is 15.6 Å². The van der Waals surface area contributed by atoms with E-state index in [0.717, 1.165) is 37.2 Å². The van der Waals surface area contributed by atoms with Crippen molar-refractivity contribution in [2.75, 3.05) is 13.1 Å². The molecule has 2 N–H and O–H groups in total. The predicted molar refractivity (Wildman–Crippen MR) is 97.7 cm³/mol. The predicted octanol–water partition coefficient (Wildman–Crippen LogP) is 2.88. The summed E-state index contributed by atoms with van der Waals surface area (Å²) in [5.74, 6) is 0.715. The van der Waals surface area contributed by atoms with E-state index in [4.69, 9.17) is 4.74 Å². The number of benzene rings is 1. The van der Waals surface area contributed by atoms with Gasteiger partial charge in [-0.1, -0.05) is 0 Å². The second-order valence-electron chi connectivity index (χ2n) is 6.91. The molecule has 1 aromatic carbocycles. The Bertz CT molecular complexity index is 693. The number of carbonyl (C=O) groups is 1. The van der Waals surface area contributed by atoms with Crippen molar-refractivity contribution in [3.63, 3.8) is 0 Å². The molecule has 1 aromatic heterocycles. The summed E-state index contributed by atoms with van der Waals surface area (Å²) in [6.45, 7) is 5.95. The minimum atomic E-state index is -0.468. The summed E-state index contributed by atoms with van der Waals surface area (Å²) in [5, 5.41) is 6.40. The molecule has 0 aliphatic carbocycles. The van der Waals surface area contributed by atoms with Crippen molar-refractivity contribution in [2.24, 2.45) is 0 Å². The van der Waals surface area contributed by atoms with Crippen LogP contribution in [0.25, 0.3) is 0 Å². The Morgan fingerprint density at radius 1 is 1.12 bits per heavy atom. The fraction of sp³-hybridized carbons (Fsp3) is 0.400. The van der Waals surface area contributed by atoms with E-state index in [1.807, 2.05) is 50.2 Å². The van der Waals surface area contributed by atoms with Gasteiger partial charge in [0.05, 0.1) is 5.54 Å². The van der Waals surface area contributed by atoms with Crippen LogP contribution in [0, 0.1) is 0 Å². The molecule has 3 rings (SSSR count). The highest BCUT2D eigenvalue weighted by Crippen LogP contribution is 2.21. The molecule has 0 radical (unpaired) electrons. The van der Waals surface area contributed by atoms with E-state index in [0.29, 0.717) is 5.56 Å². The molecule has 0 unspecified atom stereocenters. The van der Waals surface area contributed by atoms with Crippen LogP contribution in [0.4, 0.5) is 0 Å². The van der Waals surface area contributed by atoms with Gasteiger partial charge in [0.2, 0.25) is 0 Å². The molecule has 25 heavy (non-hydrogen) atoms. The lowest BCUT2D eigenvalue weighted by atomic mass is 9.95. The van der Waals surface area contributed by atoms with Gasteiger partial charge in [0.25, 0.3) is 5.91 Å². The van der Waals surface area contributed by atoms with Gasteiger partial charge in [-0.25, -0.2) is 0 Å². The van der Waals surface area contributed by atoms with E-state index >= 15 is 0 Å². The van der Waals surface area contributed by atoms with Crippen LogP contribution >= 0.6 is 0 Å². The summed E-state index contributed by atoms with van der Waals surface area (Å²) in [7, 11) is 0. The lowest BCUT2D eigenvalue weighted by molar-refractivity contribution is 0.0912. The van der Waals surface area contributed by atoms with Gasteiger partial charge in [-0.2, -0.15) is 0 Å². The maximum Gasteiger partial charge on any atom is 0.251 e. The van der Waals surface area contributed by atoms with E-state index in [1.54, 1.807) is 12.4 Å². The summed E-state index contributed by atoms with van der Waals surface area (Å²) < 4.78 is 5.98. The first-order valence-corrected chi connectivity index (χ1v) is 8.75. The number of hydrogen-bond donors (Lipinski definition) is 2. The highest BCUT2D eigenvalue weighted by atomic mass is 16.5. The molecule has 0 spiro atoms. The SMILES string of the molecule is CC(C)(NC(=O)c1ccc(OC2CCNCC2)cc1)c1ccncc1. The lowest BCUT2D eigenvalue weighted by Crippen LogP contribution is -2.41. The number of aromatic nitrogens is 1. The molecule has 5 heteroatoms. The largest absolute Gasteiger partial charge is 0.490 e. The lowest BCUT2D eigenvalue weighted by Gasteiger charge is -2.27. The van der Waals surface area contributed by atoms with Crippen LogP contribution < -0.4 is 15.4 Å². The van der Waals surface area contributed by atoms with Gasteiger partial charge < -0.3 is 15.4 Å². The molecule has 0 atom stereocenters. The minimum absolute atomic E-state index is 0.102. The zero-order chi connectivity index (χ0) is 17.7.